The molecule has 0 spiro atoms. The molecular weight excluding hydrogens is 484 g/mol. The minimum Gasteiger partial charge on any atom is -0.461 e. The smallest absolute Gasteiger partial charge is 0.312 e. The zero-order valence-electron chi connectivity index (χ0n) is 23.8. The molecule has 38 heavy (non-hydrogen) atoms. The summed E-state index contributed by atoms with van der Waals surface area (Å²) in [6.45, 7) is 10.3. The third-order valence-electron chi connectivity index (χ3n) is 6.44. The maximum absolute atomic E-state index is 13.2. The van der Waals surface area contributed by atoms with E-state index in [4.69, 9.17) is 10.5 Å². The summed E-state index contributed by atoms with van der Waals surface area (Å²) in [5, 5.41) is 8.35. The maximum Gasteiger partial charge on any atom is 0.312 e. The van der Waals surface area contributed by atoms with Crippen LogP contribution in [0.5, 0.6) is 0 Å². The molecule has 1 aromatic carbocycles. The van der Waals surface area contributed by atoms with Gasteiger partial charge >= 0.3 is 12.0 Å². The molecule has 1 rings (SSSR count). The Bertz CT molecular complexity index is 870. The molecule has 1 aromatic rings. The Balaban J connectivity index is 2.82. The van der Waals surface area contributed by atoms with Crippen LogP contribution in [0, 0.1) is 17.8 Å². The number of rotatable bonds is 18. The summed E-state index contributed by atoms with van der Waals surface area (Å²) in [7, 11) is 0. The van der Waals surface area contributed by atoms with E-state index in [1.54, 1.807) is 38.1 Å². The number of hydrogen-bond donors (Lipinski definition) is 4. The molecule has 2 atom stereocenters. The largest absolute Gasteiger partial charge is 0.461 e. The predicted molar refractivity (Wildman–Crippen MR) is 150 cm³/mol. The first-order chi connectivity index (χ1) is 18.0. The molecule has 0 aromatic heterocycles. The van der Waals surface area contributed by atoms with E-state index in [9.17, 15) is 19.2 Å². The molecule has 214 valence electrons. The third kappa shape index (κ3) is 13.4. The first-order valence-electron chi connectivity index (χ1n) is 13.9. The van der Waals surface area contributed by atoms with Crippen LogP contribution in [-0.2, 0) is 25.7 Å². The lowest BCUT2D eigenvalue weighted by atomic mass is 9.89. The molecule has 0 saturated carbocycles. The fraction of sp³-hybridized carbons (Fsp3) is 0.655. The molecule has 0 aliphatic rings. The number of carbonyl (C=O) groups is 4. The molecule has 0 aliphatic heterocycles. The Kier molecular flexibility index (Phi) is 15.8. The van der Waals surface area contributed by atoms with Crippen LogP contribution in [0.1, 0.15) is 91.5 Å². The van der Waals surface area contributed by atoms with Gasteiger partial charge in [-0.05, 0) is 42.9 Å². The fourth-order valence-electron chi connectivity index (χ4n) is 4.04. The molecule has 9 nitrogen and oxygen atoms in total. The highest BCUT2D eigenvalue weighted by Crippen LogP contribution is 2.21. The third-order valence-corrected chi connectivity index (χ3v) is 6.44. The maximum atomic E-state index is 13.2. The summed E-state index contributed by atoms with van der Waals surface area (Å²) in [4.78, 5) is 49.1. The number of benzene rings is 1. The number of hydrogen-bond acceptors (Lipinski definition) is 5. The standard InChI is InChI=1S/C29H48N4O5/c1-6-7-8-9-10-12-24(20(2)3)26(34)33-25(13-11-18-31-29(30)37)27(35)32-23-16-14-22(15-17-23)19-38-28(36)21(4)5/h14-17,20-21,24-25H,6-13,18-19H2,1-5H3,(H,32,35)(H,33,34)(H3,30,31,37)/t24-,25-/m0/s1. The second-order valence-corrected chi connectivity index (χ2v) is 10.5. The Hall–Kier alpha value is -3.10. The van der Waals surface area contributed by atoms with Crippen molar-refractivity contribution in [3.8, 4) is 0 Å². The minimum atomic E-state index is -0.759. The number of unbranched alkanes of at least 4 members (excludes halogenated alkanes) is 4. The van der Waals surface area contributed by atoms with E-state index < -0.39 is 12.1 Å². The van der Waals surface area contributed by atoms with Gasteiger partial charge in [0, 0.05) is 18.2 Å². The van der Waals surface area contributed by atoms with Crippen molar-refractivity contribution >= 4 is 29.5 Å². The average Bonchev–Trinajstić information content (AvgIpc) is 2.86. The molecule has 5 N–H and O–H groups in total. The lowest BCUT2D eigenvalue weighted by molar-refractivity contribution is -0.148. The number of anilines is 1. The van der Waals surface area contributed by atoms with Crippen LogP contribution in [0.25, 0.3) is 0 Å². The Morgan fingerprint density at radius 1 is 0.868 bits per heavy atom. The van der Waals surface area contributed by atoms with E-state index in [-0.39, 0.29) is 42.1 Å². The number of nitrogens with two attached hydrogens (primary N) is 1. The van der Waals surface area contributed by atoms with Crippen LogP contribution in [0.4, 0.5) is 10.5 Å². The van der Waals surface area contributed by atoms with Crippen LogP contribution >= 0.6 is 0 Å². The molecule has 0 bridgehead atoms. The Morgan fingerprint density at radius 2 is 1.53 bits per heavy atom. The topological polar surface area (TPSA) is 140 Å². The summed E-state index contributed by atoms with van der Waals surface area (Å²) < 4.78 is 5.24. The van der Waals surface area contributed by atoms with E-state index in [1.165, 1.54) is 19.3 Å². The van der Waals surface area contributed by atoms with Crippen molar-refractivity contribution in [1.29, 1.82) is 0 Å². The van der Waals surface area contributed by atoms with Crippen molar-refractivity contribution < 1.29 is 23.9 Å². The summed E-state index contributed by atoms with van der Waals surface area (Å²) in [5.74, 6) is -0.951. The highest BCUT2D eigenvalue weighted by molar-refractivity contribution is 5.97. The second kappa shape index (κ2) is 18.2. The molecule has 9 heteroatoms. The van der Waals surface area contributed by atoms with Gasteiger partial charge in [-0.1, -0.05) is 78.9 Å². The average molecular weight is 533 g/mol. The van der Waals surface area contributed by atoms with Gasteiger partial charge in [0.1, 0.15) is 12.6 Å². The van der Waals surface area contributed by atoms with E-state index in [0.717, 1.165) is 24.8 Å². The molecule has 0 radical (unpaired) electrons. The zero-order valence-corrected chi connectivity index (χ0v) is 23.8. The van der Waals surface area contributed by atoms with Crippen molar-refractivity contribution in [3.05, 3.63) is 29.8 Å². The van der Waals surface area contributed by atoms with Crippen molar-refractivity contribution in [2.24, 2.45) is 23.5 Å². The number of primary amides is 1. The Morgan fingerprint density at radius 3 is 2.11 bits per heavy atom. The molecule has 0 fully saturated rings. The zero-order chi connectivity index (χ0) is 28.5. The number of urea groups is 1. The summed E-state index contributed by atoms with van der Waals surface area (Å²) in [6, 6.07) is 5.64. The Labute approximate surface area is 228 Å². The van der Waals surface area contributed by atoms with Gasteiger partial charge in [-0.15, -0.1) is 0 Å². The van der Waals surface area contributed by atoms with Crippen molar-refractivity contribution in [3.63, 3.8) is 0 Å². The molecular formula is C29H48N4O5. The molecule has 0 saturated heterocycles. The number of esters is 1. The highest BCUT2D eigenvalue weighted by Gasteiger charge is 2.27. The first-order valence-corrected chi connectivity index (χ1v) is 13.9. The van der Waals surface area contributed by atoms with Gasteiger partial charge in [-0.25, -0.2) is 4.79 Å². The molecule has 0 aliphatic carbocycles. The van der Waals surface area contributed by atoms with Gasteiger partial charge in [-0.2, -0.15) is 0 Å². The van der Waals surface area contributed by atoms with Crippen LogP contribution in [0.15, 0.2) is 24.3 Å². The van der Waals surface area contributed by atoms with Gasteiger partial charge < -0.3 is 26.4 Å². The first kappa shape index (κ1) is 32.9. The van der Waals surface area contributed by atoms with E-state index in [2.05, 4.69) is 22.9 Å². The second-order valence-electron chi connectivity index (χ2n) is 10.5. The normalized spacial score (nSPS) is 12.6. The van der Waals surface area contributed by atoms with Gasteiger partial charge in [0.15, 0.2) is 0 Å². The molecule has 4 amide bonds. The van der Waals surface area contributed by atoms with E-state index >= 15 is 0 Å². The van der Waals surface area contributed by atoms with Crippen molar-refractivity contribution in [1.82, 2.24) is 10.6 Å². The van der Waals surface area contributed by atoms with Crippen LogP contribution < -0.4 is 21.7 Å². The summed E-state index contributed by atoms with van der Waals surface area (Å²) in [5.41, 5.74) is 6.51. The summed E-state index contributed by atoms with van der Waals surface area (Å²) >= 11 is 0. The lowest BCUT2D eigenvalue weighted by Gasteiger charge is -2.25. The lowest BCUT2D eigenvalue weighted by Crippen LogP contribution is -2.47. The van der Waals surface area contributed by atoms with Gasteiger partial charge in [0.25, 0.3) is 0 Å². The number of amides is 4. The highest BCUT2D eigenvalue weighted by atomic mass is 16.5. The van der Waals surface area contributed by atoms with Gasteiger partial charge in [0.2, 0.25) is 11.8 Å². The molecule has 0 heterocycles. The van der Waals surface area contributed by atoms with Crippen molar-refractivity contribution in [2.45, 2.75) is 98.6 Å². The van der Waals surface area contributed by atoms with Gasteiger partial charge in [0.05, 0.1) is 5.92 Å². The quantitative estimate of drug-likeness (QED) is 0.157. The van der Waals surface area contributed by atoms with Crippen LogP contribution in [-0.4, -0.2) is 36.4 Å². The summed E-state index contributed by atoms with van der Waals surface area (Å²) in [6.07, 6.45) is 7.23. The van der Waals surface area contributed by atoms with E-state index in [0.29, 0.717) is 25.1 Å². The number of ether oxygens (including phenoxy) is 1. The molecule has 0 unspecified atom stereocenters. The number of carbonyl (C=O) groups excluding carboxylic acids is 4. The van der Waals surface area contributed by atoms with Crippen LogP contribution in [0.3, 0.4) is 0 Å². The minimum absolute atomic E-state index is 0.124. The predicted octanol–water partition coefficient (Wildman–Crippen LogP) is 4.89. The van der Waals surface area contributed by atoms with Crippen molar-refractivity contribution in [2.75, 3.05) is 11.9 Å². The van der Waals surface area contributed by atoms with E-state index in [1.807, 2.05) is 13.8 Å². The number of nitrogens with one attached hydrogen (secondary N) is 3. The SMILES string of the molecule is CCCCCCC[C@H](C(=O)N[C@@H](CCCNC(N)=O)C(=O)Nc1ccc(COC(=O)C(C)C)cc1)C(C)C. The van der Waals surface area contributed by atoms with Gasteiger partial charge in [-0.3, -0.25) is 14.4 Å². The fourth-order valence-corrected chi connectivity index (χ4v) is 4.04. The van der Waals surface area contributed by atoms with Crippen LogP contribution in [0.2, 0.25) is 0 Å². The monoisotopic (exact) mass is 532 g/mol.